The van der Waals surface area contributed by atoms with E-state index in [1.807, 2.05) is 5.43 Å². The Morgan fingerprint density at radius 1 is 1.64 bits per heavy atom. The van der Waals surface area contributed by atoms with E-state index in [1.165, 1.54) is 0 Å². The van der Waals surface area contributed by atoms with Gasteiger partial charge in [0.25, 0.3) is 0 Å². The molecule has 0 aliphatic heterocycles. The SMILES string of the molecule is NNC(N)=NCC(O)C(N)=O. The van der Waals surface area contributed by atoms with Crippen molar-refractivity contribution in [3.05, 3.63) is 0 Å². The summed E-state index contributed by atoms with van der Waals surface area (Å²) in [7, 11) is 0. The Kier molecular flexibility index (Phi) is 3.93. The molecule has 0 aliphatic rings. The molecule has 1 atom stereocenters. The molecule has 0 aromatic rings. The molecule has 0 aliphatic carbocycles. The zero-order valence-corrected chi connectivity index (χ0v) is 5.82. The van der Waals surface area contributed by atoms with Gasteiger partial charge in [0.1, 0.15) is 0 Å². The Hall–Kier alpha value is -1.34. The number of carbonyl (C=O) groups is 1. The van der Waals surface area contributed by atoms with Crippen molar-refractivity contribution in [2.45, 2.75) is 6.10 Å². The Balaban J connectivity index is 3.78. The maximum absolute atomic E-state index is 10.2. The molecule has 11 heavy (non-hydrogen) atoms. The third kappa shape index (κ3) is 4.12. The monoisotopic (exact) mass is 161 g/mol. The second kappa shape index (κ2) is 4.47. The minimum atomic E-state index is -1.32. The van der Waals surface area contributed by atoms with Gasteiger partial charge in [-0.1, -0.05) is 0 Å². The minimum absolute atomic E-state index is 0.0645. The van der Waals surface area contributed by atoms with Crippen LogP contribution < -0.4 is 22.7 Å². The Bertz CT molecular complexity index is 168. The van der Waals surface area contributed by atoms with Gasteiger partial charge >= 0.3 is 0 Å². The molecule has 7 nitrogen and oxygen atoms in total. The highest BCUT2D eigenvalue weighted by Crippen LogP contribution is 1.80. The van der Waals surface area contributed by atoms with E-state index >= 15 is 0 Å². The van der Waals surface area contributed by atoms with Gasteiger partial charge in [0, 0.05) is 0 Å². The van der Waals surface area contributed by atoms with Crippen LogP contribution in [-0.2, 0) is 4.79 Å². The minimum Gasteiger partial charge on any atom is -0.381 e. The fourth-order valence-corrected chi connectivity index (χ4v) is 0.320. The molecule has 0 rings (SSSR count). The summed E-state index contributed by atoms with van der Waals surface area (Å²) in [6, 6.07) is 0. The molecule has 7 heteroatoms. The number of nitrogens with two attached hydrogens (primary N) is 3. The highest BCUT2D eigenvalue weighted by Gasteiger charge is 2.08. The topological polar surface area (TPSA) is 140 Å². The molecule has 0 saturated heterocycles. The average molecular weight is 161 g/mol. The van der Waals surface area contributed by atoms with Gasteiger partial charge in [-0.05, 0) is 0 Å². The first kappa shape index (κ1) is 9.66. The van der Waals surface area contributed by atoms with E-state index in [1.54, 1.807) is 0 Å². The highest BCUT2D eigenvalue weighted by atomic mass is 16.3. The number of aliphatic hydroxyl groups is 1. The number of aliphatic hydroxyl groups excluding tert-OH is 1. The molecule has 1 unspecified atom stereocenters. The number of guanidine groups is 1. The lowest BCUT2D eigenvalue weighted by atomic mass is 10.3. The van der Waals surface area contributed by atoms with E-state index in [9.17, 15) is 4.79 Å². The van der Waals surface area contributed by atoms with Crippen molar-refractivity contribution in [3.8, 4) is 0 Å². The average Bonchev–Trinajstić information content (AvgIpc) is 1.99. The van der Waals surface area contributed by atoms with Crippen molar-refractivity contribution in [1.29, 1.82) is 0 Å². The van der Waals surface area contributed by atoms with E-state index < -0.39 is 12.0 Å². The molecule has 0 saturated carbocycles. The van der Waals surface area contributed by atoms with Crippen molar-refractivity contribution in [1.82, 2.24) is 5.43 Å². The highest BCUT2D eigenvalue weighted by molar-refractivity contribution is 5.80. The van der Waals surface area contributed by atoms with Crippen LogP contribution in [0.2, 0.25) is 0 Å². The predicted octanol–water partition coefficient (Wildman–Crippen LogP) is -3.39. The van der Waals surface area contributed by atoms with Crippen LogP contribution in [0.4, 0.5) is 0 Å². The van der Waals surface area contributed by atoms with E-state index in [0.717, 1.165) is 0 Å². The molecular weight excluding hydrogens is 150 g/mol. The number of carbonyl (C=O) groups excluding carboxylic acids is 1. The van der Waals surface area contributed by atoms with Crippen molar-refractivity contribution in [2.24, 2.45) is 22.3 Å². The van der Waals surface area contributed by atoms with Crippen LogP contribution >= 0.6 is 0 Å². The third-order valence-electron chi connectivity index (χ3n) is 0.911. The molecule has 0 spiro atoms. The molecule has 0 aromatic carbocycles. The van der Waals surface area contributed by atoms with Crippen LogP contribution in [0, 0.1) is 0 Å². The van der Waals surface area contributed by atoms with Gasteiger partial charge in [0.15, 0.2) is 6.10 Å². The van der Waals surface area contributed by atoms with Gasteiger partial charge in [-0.25, -0.2) is 10.8 Å². The summed E-state index contributed by atoms with van der Waals surface area (Å²) in [5, 5.41) is 8.77. The van der Waals surface area contributed by atoms with Gasteiger partial charge in [-0.2, -0.15) is 0 Å². The van der Waals surface area contributed by atoms with Crippen molar-refractivity contribution in [2.75, 3.05) is 6.54 Å². The zero-order valence-electron chi connectivity index (χ0n) is 5.82. The number of hydrogen-bond donors (Lipinski definition) is 5. The standard InChI is InChI=1S/C4H11N5O2/c5-3(11)2(10)1-8-4(6)9-7/h2,10H,1,7H2,(H2,5,11)(H3,6,8,9). The van der Waals surface area contributed by atoms with Gasteiger partial charge < -0.3 is 16.6 Å². The van der Waals surface area contributed by atoms with E-state index in [0.29, 0.717) is 0 Å². The van der Waals surface area contributed by atoms with Crippen LogP contribution in [0.1, 0.15) is 0 Å². The van der Waals surface area contributed by atoms with Crippen LogP contribution in [-0.4, -0.2) is 29.6 Å². The quantitative estimate of drug-likeness (QED) is 0.127. The number of rotatable bonds is 3. The summed E-state index contributed by atoms with van der Waals surface area (Å²) >= 11 is 0. The van der Waals surface area contributed by atoms with E-state index in [4.69, 9.17) is 22.4 Å². The summed E-state index contributed by atoms with van der Waals surface area (Å²) in [4.78, 5) is 13.7. The number of hydrazine groups is 1. The van der Waals surface area contributed by atoms with Crippen molar-refractivity contribution >= 4 is 11.9 Å². The van der Waals surface area contributed by atoms with Crippen molar-refractivity contribution < 1.29 is 9.90 Å². The lowest BCUT2D eigenvalue weighted by Crippen LogP contribution is -2.39. The second-order valence-corrected chi connectivity index (χ2v) is 1.79. The van der Waals surface area contributed by atoms with E-state index in [2.05, 4.69) is 4.99 Å². The lowest BCUT2D eigenvalue weighted by Gasteiger charge is -2.02. The third-order valence-corrected chi connectivity index (χ3v) is 0.911. The molecule has 8 N–H and O–H groups in total. The van der Waals surface area contributed by atoms with Crippen LogP contribution in [0.3, 0.4) is 0 Å². The molecule has 0 heterocycles. The first-order chi connectivity index (χ1) is 5.07. The van der Waals surface area contributed by atoms with Crippen molar-refractivity contribution in [3.63, 3.8) is 0 Å². The van der Waals surface area contributed by atoms with Gasteiger partial charge in [-0.15, -0.1) is 0 Å². The largest absolute Gasteiger partial charge is 0.381 e. The van der Waals surface area contributed by atoms with Gasteiger partial charge in [0.05, 0.1) is 6.54 Å². The van der Waals surface area contributed by atoms with Gasteiger partial charge in [0.2, 0.25) is 11.9 Å². The van der Waals surface area contributed by atoms with E-state index in [-0.39, 0.29) is 12.5 Å². The van der Waals surface area contributed by atoms with Crippen LogP contribution in [0.5, 0.6) is 0 Å². The maximum Gasteiger partial charge on any atom is 0.248 e. The first-order valence-corrected chi connectivity index (χ1v) is 2.82. The molecule has 1 amide bonds. The summed E-state index contributed by atoms with van der Waals surface area (Å²) in [5.74, 6) is 3.92. The smallest absolute Gasteiger partial charge is 0.248 e. The number of aliphatic imine (C=N–C) groups is 1. The number of amides is 1. The summed E-state index contributed by atoms with van der Waals surface area (Å²) in [6.45, 7) is -0.189. The molecule has 0 bridgehead atoms. The van der Waals surface area contributed by atoms with Gasteiger partial charge in [-0.3, -0.25) is 10.2 Å². The normalized spacial score (nSPS) is 14.2. The Morgan fingerprint density at radius 2 is 2.18 bits per heavy atom. The predicted molar refractivity (Wildman–Crippen MR) is 39.0 cm³/mol. The molecule has 0 radical (unpaired) electrons. The number of nitrogens with one attached hydrogen (secondary N) is 1. The molecular formula is C4H11N5O2. The summed E-state index contributed by atoms with van der Waals surface area (Å²) in [6.07, 6.45) is -1.32. The molecule has 0 fully saturated rings. The Morgan fingerprint density at radius 3 is 2.55 bits per heavy atom. The second-order valence-electron chi connectivity index (χ2n) is 1.79. The lowest BCUT2D eigenvalue weighted by molar-refractivity contribution is -0.125. The fraction of sp³-hybridized carbons (Fsp3) is 0.500. The summed E-state index contributed by atoms with van der Waals surface area (Å²) < 4.78 is 0. The number of nitrogens with zero attached hydrogens (tertiary/aromatic N) is 1. The van der Waals surface area contributed by atoms with Crippen LogP contribution in [0.15, 0.2) is 4.99 Å². The molecule has 0 aromatic heterocycles. The fourth-order valence-electron chi connectivity index (χ4n) is 0.320. The number of primary amides is 1. The first-order valence-electron chi connectivity index (χ1n) is 2.82. The summed E-state index contributed by atoms with van der Waals surface area (Å²) in [5.41, 5.74) is 11.8. The molecule has 64 valence electrons. The zero-order chi connectivity index (χ0) is 8.85. The number of hydrogen-bond acceptors (Lipinski definition) is 4. The maximum atomic E-state index is 10.2. The Labute approximate surface area is 63.2 Å². The van der Waals surface area contributed by atoms with Crippen LogP contribution in [0.25, 0.3) is 0 Å².